The van der Waals surface area contributed by atoms with Crippen LogP contribution in [0.5, 0.6) is 17.2 Å². The fourth-order valence-corrected chi connectivity index (χ4v) is 3.14. The van der Waals surface area contributed by atoms with Crippen LogP contribution < -0.4 is 14.2 Å². The SMILES string of the molecule is COc1cc(-c2nnc(COC(=O)c3ccc(C)s3)o2)cc(OC)c1OC. The highest BCUT2D eigenvalue weighted by molar-refractivity contribution is 7.13. The monoisotopic (exact) mass is 390 g/mol. The molecule has 0 unspecified atom stereocenters. The van der Waals surface area contributed by atoms with Crippen LogP contribution in [-0.4, -0.2) is 37.5 Å². The van der Waals surface area contributed by atoms with Crippen molar-refractivity contribution in [1.29, 1.82) is 0 Å². The molecule has 3 rings (SSSR count). The summed E-state index contributed by atoms with van der Waals surface area (Å²) < 4.78 is 26.7. The number of esters is 1. The molecule has 0 amide bonds. The number of hydrogen-bond acceptors (Lipinski definition) is 9. The van der Waals surface area contributed by atoms with Gasteiger partial charge in [-0.1, -0.05) is 0 Å². The highest BCUT2D eigenvalue weighted by Gasteiger charge is 2.18. The lowest BCUT2D eigenvalue weighted by atomic mass is 10.2. The number of ether oxygens (including phenoxy) is 4. The van der Waals surface area contributed by atoms with Crippen LogP contribution in [-0.2, 0) is 11.3 Å². The maximum atomic E-state index is 12.0. The van der Waals surface area contributed by atoms with E-state index in [1.54, 1.807) is 18.2 Å². The number of nitrogens with zero attached hydrogens (tertiary/aromatic N) is 2. The molecule has 0 aliphatic heterocycles. The molecule has 0 aliphatic carbocycles. The molecule has 27 heavy (non-hydrogen) atoms. The first-order chi connectivity index (χ1) is 13.0. The number of rotatable bonds is 7. The summed E-state index contributed by atoms with van der Waals surface area (Å²) in [6.45, 7) is 1.80. The van der Waals surface area contributed by atoms with Crippen LogP contribution in [0.15, 0.2) is 28.7 Å². The Morgan fingerprint density at radius 1 is 1.07 bits per heavy atom. The minimum Gasteiger partial charge on any atom is -0.493 e. The summed E-state index contributed by atoms with van der Waals surface area (Å²) in [6, 6.07) is 6.96. The van der Waals surface area contributed by atoms with Crippen LogP contribution in [0.2, 0.25) is 0 Å². The first-order valence-electron chi connectivity index (χ1n) is 7.92. The molecule has 0 radical (unpaired) electrons. The van der Waals surface area contributed by atoms with E-state index < -0.39 is 5.97 Å². The maximum absolute atomic E-state index is 12.0. The topological polar surface area (TPSA) is 92.9 Å². The van der Waals surface area contributed by atoms with E-state index in [1.165, 1.54) is 32.7 Å². The minimum atomic E-state index is -0.430. The van der Waals surface area contributed by atoms with Gasteiger partial charge in [0, 0.05) is 10.4 Å². The molecule has 0 N–H and O–H groups in total. The van der Waals surface area contributed by atoms with Crippen molar-refractivity contribution in [3.05, 3.63) is 39.9 Å². The predicted molar refractivity (Wildman–Crippen MR) is 97.6 cm³/mol. The Kier molecular flexibility index (Phi) is 5.60. The highest BCUT2D eigenvalue weighted by atomic mass is 32.1. The molecule has 142 valence electrons. The summed E-state index contributed by atoms with van der Waals surface area (Å²) in [7, 11) is 4.56. The fraction of sp³-hybridized carbons (Fsp3) is 0.278. The summed E-state index contributed by atoms with van der Waals surface area (Å²) >= 11 is 1.36. The van der Waals surface area contributed by atoms with Gasteiger partial charge in [-0.3, -0.25) is 0 Å². The van der Waals surface area contributed by atoms with Crippen molar-refractivity contribution in [3.63, 3.8) is 0 Å². The number of benzene rings is 1. The van der Waals surface area contributed by atoms with Gasteiger partial charge in [-0.2, -0.15) is 0 Å². The summed E-state index contributed by atoms with van der Waals surface area (Å²) in [4.78, 5) is 13.6. The van der Waals surface area contributed by atoms with E-state index in [-0.39, 0.29) is 18.4 Å². The zero-order chi connectivity index (χ0) is 19.4. The molecule has 0 atom stereocenters. The van der Waals surface area contributed by atoms with Crippen molar-refractivity contribution in [2.75, 3.05) is 21.3 Å². The molecular weight excluding hydrogens is 372 g/mol. The van der Waals surface area contributed by atoms with Gasteiger partial charge in [0.15, 0.2) is 18.1 Å². The summed E-state index contributed by atoms with van der Waals surface area (Å²) in [5.74, 6) is 1.38. The van der Waals surface area contributed by atoms with Crippen LogP contribution in [0.4, 0.5) is 0 Å². The lowest BCUT2D eigenvalue weighted by molar-refractivity contribution is 0.0444. The summed E-state index contributed by atoms with van der Waals surface area (Å²) in [6.07, 6.45) is 0. The Balaban J connectivity index is 1.76. The summed E-state index contributed by atoms with van der Waals surface area (Å²) in [5.41, 5.74) is 0.587. The van der Waals surface area contributed by atoms with Crippen molar-refractivity contribution >= 4 is 17.3 Å². The standard InChI is InChI=1S/C18H18N2O6S/c1-10-5-6-14(27-10)18(21)25-9-15-19-20-17(26-15)11-7-12(22-2)16(24-4)13(8-11)23-3/h5-8H,9H2,1-4H3. The fourth-order valence-electron chi connectivity index (χ4n) is 2.38. The lowest BCUT2D eigenvalue weighted by Crippen LogP contribution is -2.03. The molecule has 9 heteroatoms. The number of carbonyl (C=O) groups is 1. The van der Waals surface area contributed by atoms with E-state index in [2.05, 4.69) is 10.2 Å². The molecule has 0 fully saturated rings. The maximum Gasteiger partial charge on any atom is 0.348 e. The average molecular weight is 390 g/mol. The van der Waals surface area contributed by atoms with Gasteiger partial charge in [0.05, 0.1) is 21.3 Å². The second kappa shape index (κ2) is 8.09. The van der Waals surface area contributed by atoms with Crippen molar-refractivity contribution in [3.8, 4) is 28.7 Å². The molecule has 0 bridgehead atoms. The van der Waals surface area contributed by atoms with E-state index in [1.807, 2.05) is 13.0 Å². The van der Waals surface area contributed by atoms with Crippen LogP contribution in [0.3, 0.4) is 0 Å². The van der Waals surface area contributed by atoms with Gasteiger partial charge in [0.1, 0.15) is 4.88 Å². The molecule has 0 saturated heterocycles. The number of aryl methyl sites for hydroxylation is 1. The number of aromatic nitrogens is 2. The van der Waals surface area contributed by atoms with Crippen LogP contribution in [0, 0.1) is 6.92 Å². The van der Waals surface area contributed by atoms with Gasteiger partial charge in [0.25, 0.3) is 5.89 Å². The number of methoxy groups -OCH3 is 3. The number of thiophene rings is 1. The van der Waals surface area contributed by atoms with E-state index in [0.29, 0.717) is 27.7 Å². The third-order valence-electron chi connectivity index (χ3n) is 3.65. The third kappa shape index (κ3) is 4.03. The van der Waals surface area contributed by atoms with Crippen molar-refractivity contribution in [2.45, 2.75) is 13.5 Å². The van der Waals surface area contributed by atoms with Gasteiger partial charge in [0.2, 0.25) is 11.6 Å². The Hall–Kier alpha value is -3.07. The molecule has 2 heterocycles. The summed E-state index contributed by atoms with van der Waals surface area (Å²) in [5, 5.41) is 7.90. The molecular formula is C18H18N2O6S. The second-order valence-electron chi connectivity index (χ2n) is 5.40. The minimum absolute atomic E-state index is 0.118. The number of hydrogen-bond donors (Lipinski definition) is 0. The van der Waals surface area contributed by atoms with E-state index in [0.717, 1.165) is 4.88 Å². The lowest BCUT2D eigenvalue weighted by Gasteiger charge is -2.12. The Labute approximate surface area is 159 Å². The quantitative estimate of drug-likeness (QED) is 0.566. The van der Waals surface area contributed by atoms with Gasteiger partial charge >= 0.3 is 5.97 Å². The zero-order valence-corrected chi connectivity index (χ0v) is 16.1. The van der Waals surface area contributed by atoms with Gasteiger partial charge in [-0.25, -0.2) is 4.79 Å². The Bertz CT molecular complexity index is 924. The van der Waals surface area contributed by atoms with Crippen LogP contribution in [0.1, 0.15) is 20.4 Å². The third-order valence-corrected chi connectivity index (χ3v) is 4.63. The van der Waals surface area contributed by atoms with Gasteiger partial charge < -0.3 is 23.4 Å². The zero-order valence-electron chi connectivity index (χ0n) is 15.3. The van der Waals surface area contributed by atoms with Gasteiger partial charge in [-0.05, 0) is 31.2 Å². The van der Waals surface area contributed by atoms with Crippen molar-refractivity contribution in [1.82, 2.24) is 10.2 Å². The molecule has 3 aromatic rings. The molecule has 0 spiro atoms. The highest BCUT2D eigenvalue weighted by Crippen LogP contribution is 2.40. The average Bonchev–Trinajstić information content (AvgIpc) is 3.34. The van der Waals surface area contributed by atoms with Crippen molar-refractivity contribution in [2.24, 2.45) is 0 Å². The smallest absolute Gasteiger partial charge is 0.348 e. The van der Waals surface area contributed by atoms with E-state index in [9.17, 15) is 4.79 Å². The van der Waals surface area contributed by atoms with Crippen LogP contribution in [0.25, 0.3) is 11.5 Å². The molecule has 2 aromatic heterocycles. The van der Waals surface area contributed by atoms with Crippen LogP contribution >= 0.6 is 11.3 Å². The molecule has 8 nitrogen and oxygen atoms in total. The van der Waals surface area contributed by atoms with Gasteiger partial charge in [-0.15, -0.1) is 21.5 Å². The largest absolute Gasteiger partial charge is 0.493 e. The van der Waals surface area contributed by atoms with Crippen molar-refractivity contribution < 1.29 is 28.2 Å². The van der Waals surface area contributed by atoms with E-state index in [4.69, 9.17) is 23.4 Å². The number of carbonyl (C=O) groups excluding carboxylic acids is 1. The first-order valence-corrected chi connectivity index (χ1v) is 8.73. The first kappa shape index (κ1) is 18.7. The normalized spacial score (nSPS) is 10.5. The second-order valence-corrected chi connectivity index (χ2v) is 6.69. The van der Waals surface area contributed by atoms with E-state index >= 15 is 0 Å². The molecule has 0 saturated carbocycles. The Morgan fingerprint density at radius 2 is 1.78 bits per heavy atom. The predicted octanol–water partition coefficient (Wildman–Crippen LogP) is 3.49. The molecule has 0 aliphatic rings. The Morgan fingerprint density at radius 3 is 2.33 bits per heavy atom. The molecule has 1 aromatic carbocycles.